The molecule has 0 saturated carbocycles. The second-order valence-electron chi connectivity index (χ2n) is 5.13. The first-order chi connectivity index (χ1) is 9.49. The summed E-state index contributed by atoms with van der Waals surface area (Å²) in [6.45, 7) is 2.47. The van der Waals surface area contributed by atoms with Crippen molar-refractivity contribution in [3.63, 3.8) is 0 Å². The van der Waals surface area contributed by atoms with Crippen LogP contribution in [0.2, 0.25) is 0 Å². The minimum atomic E-state index is -0.617. The lowest BCUT2D eigenvalue weighted by molar-refractivity contribution is -0.384. The highest BCUT2D eigenvalue weighted by Gasteiger charge is 2.25. The van der Waals surface area contributed by atoms with Crippen molar-refractivity contribution in [2.75, 3.05) is 32.4 Å². The van der Waals surface area contributed by atoms with Gasteiger partial charge in [0.25, 0.3) is 5.91 Å². The van der Waals surface area contributed by atoms with Crippen molar-refractivity contribution >= 4 is 17.3 Å². The van der Waals surface area contributed by atoms with Gasteiger partial charge in [0, 0.05) is 13.1 Å². The highest BCUT2D eigenvalue weighted by Crippen LogP contribution is 2.25. The number of nitrogen functional groups attached to an aromatic ring is 1. The lowest BCUT2D eigenvalue weighted by atomic mass is 10.1. The molecule has 1 aliphatic heterocycles. The first-order valence-electron chi connectivity index (χ1n) is 6.48. The normalized spacial score (nSPS) is 18.9. The molecule has 1 atom stereocenters. The Hall–Kier alpha value is -2.15. The van der Waals surface area contributed by atoms with Crippen LogP contribution in [0.15, 0.2) is 18.2 Å². The predicted molar refractivity (Wildman–Crippen MR) is 75.4 cm³/mol. The summed E-state index contributed by atoms with van der Waals surface area (Å²) in [5.41, 5.74) is 5.26. The van der Waals surface area contributed by atoms with Crippen LogP contribution in [0.25, 0.3) is 0 Å². The van der Waals surface area contributed by atoms with E-state index in [2.05, 4.69) is 10.2 Å². The van der Waals surface area contributed by atoms with Gasteiger partial charge in [-0.15, -0.1) is 0 Å². The number of benzene rings is 1. The SMILES string of the molecule is CN1CCC(CNC(=O)c2cccc(N)c2[N+](=O)[O-])C1. The Morgan fingerprint density at radius 1 is 1.60 bits per heavy atom. The molecule has 0 aliphatic carbocycles. The third-order valence-electron chi connectivity index (χ3n) is 3.53. The molecule has 1 unspecified atom stereocenters. The summed E-state index contributed by atoms with van der Waals surface area (Å²) in [6, 6.07) is 4.38. The van der Waals surface area contributed by atoms with Gasteiger partial charge in [0.1, 0.15) is 11.3 Å². The highest BCUT2D eigenvalue weighted by molar-refractivity contribution is 6.00. The van der Waals surface area contributed by atoms with Crippen LogP contribution in [0.1, 0.15) is 16.8 Å². The van der Waals surface area contributed by atoms with Crippen molar-refractivity contribution in [1.82, 2.24) is 10.2 Å². The van der Waals surface area contributed by atoms with Crippen molar-refractivity contribution in [2.24, 2.45) is 5.92 Å². The minimum Gasteiger partial charge on any atom is -0.393 e. The lowest BCUT2D eigenvalue weighted by Gasteiger charge is -2.12. The van der Waals surface area contributed by atoms with Gasteiger partial charge in [-0.1, -0.05) is 6.07 Å². The van der Waals surface area contributed by atoms with E-state index < -0.39 is 10.8 Å². The molecule has 0 aromatic heterocycles. The fourth-order valence-corrected chi connectivity index (χ4v) is 2.47. The smallest absolute Gasteiger partial charge is 0.304 e. The van der Waals surface area contributed by atoms with Gasteiger partial charge in [0.2, 0.25) is 0 Å². The van der Waals surface area contributed by atoms with E-state index in [1.165, 1.54) is 12.1 Å². The van der Waals surface area contributed by atoms with Crippen LogP contribution in [0.4, 0.5) is 11.4 Å². The number of likely N-dealkylation sites (tertiary alicyclic amines) is 1. The van der Waals surface area contributed by atoms with Crippen molar-refractivity contribution in [3.8, 4) is 0 Å². The highest BCUT2D eigenvalue weighted by atomic mass is 16.6. The van der Waals surface area contributed by atoms with E-state index >= 15 is 0 Å². The number of carbonyl (C=O) groups is 1. The van der Waals surface area contributed by atoms with Gasteiger partial charge in [-0.2, -0.15) is 0 Å². The van der Waals surface area contributed by atoms with Gasteiger partial charge in [-0.25, -0.2) is 0 Å². The molecule has 1 heterocycles. The Morgan fingerprint density at radius 3 is 2.95 bits per heavy atom. The van der Waals surface area contributed by atoms with Gasteiger partial charge in [-0.3, -0.25) is 14.9 Å². The maximum absolute atomic E-state index is 12.1. The Balaban J connectivity index is 2.06. The van der Waals surface area contributed by atoms with Crippen molar-refractivity contribution in [1.29, 1.82) is 0 Å². The molecule has 20 heavy (non-hydrogen) atoms. The third kappa shape index (κ3) is 3.05. The molecule has 2 rings (SSSR count). The average molecular weight is 278 g/mol. The molecule has 3 N–H and O–H groups in total. The maximum Gasteiger partial charge on any atom is 0.304 e. The van der Waals surface area contributed by atoms with Gasteiger partial charge in [0.05, 0.1) is 4.92 Å². The maximum atomic E-state index is 12.1. The van der Waals surface area contributed by atoms with Crippen LogP contribution in [0.5, 0.6) is 0 Å². The summed E-state index contributed by atoms with van der Waals surface area (Å²) in [5, 5.41) is 13.7. The quantitative estimate of drug-likeness (QED) is 0.483. The summed E-state index contributed by atoms with van der Waals surface area (Å²) in [4.78, 5) is 24.6. The summed E-state index contributed by atoms with van der Waals surface area (Å²) < 4.78 is 0. The summed E-state index contributed by atoms with van der Waals surface area (Å²) in [5.74, 6) is -0.0531. The van der Waals surface area contributed by atoms with Gasteiger partial charge < -0.3 is 16.0 Å². The van der Waals surface area contributed by atoms with E-state index in [1.807, 2.05) is 7.05 Å². The van der Waals surface area contributed by atoms with Crippen LogP contribution in [0, 0.1) is 16.0 Å². The van der Waals surface area contributed by atoms with E-state index in [9.17, 15) is 14.9 Å². The Morgan fingerprint density at radius 2 is 2.35 bits per heavy atom. The van der Waals surface area contributed by atoms with Crippen LogP contribution in [0.3, 0.4) is 0 Å². The number of nitrogens with one attached hydrogen (secondary N) is 1. The van der Waals surface area contributed by atoms with E-state index in [0.29, 0.717) is 12.5 Å². The molecule has 108 valence electrons. The largest absolute Gasteiger partial charge is 0.393 e. The van der Waals surface area contributed by atoms with Crippen LogP contribution >= 0.6 is 0 Å². The minimum absolute atomic E-state index is 0.00301. The number of anilines is 1. The number of rotatable bonds is 4. The Labute approximate surface area is 116 Å². The van der Waals surface area contributed by atoms with Gasteiger partial charge >= 0.3 is 5.69 Å². The third-order valence-corrected chi connectivity index (χ3v) is 3.53. The first kappa shape index (κ1) is 14.3. The molecule has 1 fully saturated rings. The number of hydrogen-bond acceptors (Lipinski definition) is 5. The predicted octanol–water partition coefficient (Wildman–Crippen LogP) is 0.859. The Kier molecular flexibility index (Phi) is 4.19. The number of nitrogens with two attached hydrogens (primary N) is 1. The lowest BCUT2D eigenvalue weighted by Crippen LogP contribution is -2.31. The number of nitro groups is 1. The summed E-state index contributed by atoms with van der Waals surface area (Å²) in [6.07, 6.45) is 1.02. The standard InChI is InChI=1S/C13H18N4O3/c1-16-6-5-9(8-16)7-15-13(18)10-3-2-4-11(14)12(10)17(19)20/h2-4,9H,5-8,14H2,1H3,(H,15,18). The number of hydrogen-bond donors (Lipinski definition) is 2. The monoisotopic (exact) mass is 278 g/mol. The van der Waals surface area contributed by atoms with Crippen LogP contribution in [-0.4, -0.2) is 42.4 Å². The molecular formula is C13H18N4O3. The van der Waals surface area contributed by atoms with E-state index in [-0.39, 0.29) is 16.9 Å². The number of carbonyl (C=O) groups excluding carboxylic acids is 1. The number of amides is 1. The molecule has 7 nitrogen and oxygen atoms in total. The summed E-state index contributed by atoms with van der Waals surface area (Å²) in [7, 11) is 2.03. The number of nitro benzene ring substituents is 1. The molecule has 0 spiro atoms. The first-order valence-corrected chi connectivity index (χ1v) is 6.48. The second kappa shape index (κ2) is 5.87. The van der Waals surface area contributed by atoms with E-state index in [4.69, 9.17) is 5.73 Å². The summed E-state index contributed by atoms with van der Waals surface area (Å²) >= 11 is 0. The van der Waals surface area contributed by atoms with Gasteiger partial charge in [-0.05, 0) is 38.1 Å². The van der Waals surface area contributed by atoms with E-state index in [1.54, 1.807) is 6.07 Å². The zero-order valence-electron chi connectivity index (χ0n) is 11.3. The molecule has 0 bridgehead atoms. The van der Waals surface area contributed by atoms with Crippen molar-refractivity contribution < 1.29 is 9.72 Å². The van der Waals surface area contributed by atoms with Crippen LogP contribution < -0.4 is 11.1 Å². The fourth-order valence-electron chi connectivity index (χ4n) is 2.47. The average Bonchev–Trinajstić information content (AvgIpc) is 2.81. The van der Waals surface area contributed by atoms with Crippen molar-refractivity contribution in [2.45, 2.75) is 6.42 Å². The topological polar surface area (TPSA) is 102 Å². The van der Waals surface area contributed by atoms with Crippen molar-refractivity contribution in [3.05, 3.63) is 33.9 Å². The van der Waals surface area contributed by atoms with E-state index in [0.717, 1.165) is 19.5 Å². The number of nitrogens with zero attached hydrogens (tertiary/aromatic N) is 2. The zero-order chi connectivity index (χ0) is 14.7. The fraction of sp³-hybridized carbons (Fsp3) is 0.462. The molecule has 1 aromatic rings. The molecule has 1 aliphatic rings. The molecule has 1 saturated heterocycles. The zero-order valence-corrected chi connectivity index (χ0v) is 11.3. The molecule has 1 aromatic carbocycles. The molecule has 1 amide bonds. The molecule has 0 radical (unpaired) electrons. The molecular weight excluding hydrogens is 260 g/mol. The Bertz CT molecular complexity index is 532. The van der Waals surface area contributed by atoms with Crippen LogP contribution in [-0.2, 0) is 0 Å². The van der Waals surface area contributed by atoms with Gasteiger partial charge in [0.15, 0.2) is 0 Å². The number of para-hydroxylation sites is 1. The molecule has 7 heteroatoms. The second-order valence-corrected chi connectivity index (χ2v) is 5.13.